The van der Waals surface area contributed by atoms with Gasteiger partial charge in [-0.05, 0) is 12.1 Å². The number of carbonyl (C=O) groups excluding carboxylic acids is 4. The summed E-state index contributed by atoms with van der Waals surface area (Å²) < 4.78 is 8.99. The third-order valence-corrected chi connectivity index (χ3v) is 2.96. The fourth-order valence-electron chi connectivity index (χ4n) is 1.53. The molecule has 0 aromatic heterocycles. The summed E-state index contributed by atoms with van der Waals surface area (Å²) in [6.07, 6.45) is 0. The highest BCUT2D eigenvalue weighted by molar-refractivity contribution is 7.90. The Labute approximate surface area is 123 Å². The maximum Gasteiger partial charge on any atom is 0.340 e. The highest BCUT2D eigenvalue weighted by Crippen LogP contribution is 2.10. The van der Waals surface area contributed by atoms with Crippen LogP contribution in [0.3, 0.4) is 0 Å². The van der Waals surface area contributed by atoms with E-state index in [4.69, 9.17) is 0 Å². The summed E-state index contributed by atoms with van der Waals surface area (Å²) in [7, 11) is 0. The zero-order valence-corrected chi connectivity index (χ0v) is 11.4. The highest BCUT2D eigenvalue weighted by atomic mass is 32.2. The molecule has 2 N–H and O–H groups in total. The van der Waals surface area contributed by atoms with Crippen LogP contribution in [0.15, 0.2) is 24.3 Å². The number of amides is 2. The lowest BCUT2D eigenvalue weighted by Gasteiger charge is -2.08. The molecular weight excluding hydrogens is 300 g/mol. The first kappa shape index (κ1) is 14.9. The topological polar surface area (TPSA) is 111 Å². The van der Waals surface area contributed by atoms with E-state index in [1.54, 1.807) is 12.1 Å². The number of fused-ring (bicyclic) bond motifs is 1. The van der Waals surface area contributed by atoms with E-state index in [1.165, 1.54) is 12.1 Å². The molecule has 0 unspecified atom stereocenters. The van der Waals surface area contributed by atoms with Gasteiger partial charge in [0.25, 0.3) is 24.1 Å². The van der Waals surface area contributed by atoms with E-state index in [1.807, 2.05) is 0 Å². The Morgan fingerprint density at radius 2 is 1.24 bits per heavy atom. The fraction of sp³-hybridized carbons (Fsp3) is 0.167. The van der Waals surface area contributed by atoms with E-state index in [-0.39, 0.29) is 23.5 Å². The van der Waals surface area contributed by atoms with Crippen molar-refractivity contribution in [2.24, 2.45) is 0 Å². The van der Waals surface area contributed by atoms with Gasteiger partial charge >= 0.3 is 11.9 Å². The predicted molar refractivity (Wildman–Crippen MR) is 70.9 cm³/mol. The van der Waals surface area contributed by atoms with Crippen LogP contribution in [0.25, 0.3) is 0 Å². The monoisotopic (exact) mass is 310 g/mol. The lowest BCUT2D eigenvalue weighted by atomic mass is 10.1. The minimum absolute atomic E-state index is 0.0862. The van der Waals surface area contributed by atoms with Crippen molar-refractivity contribution >= 4 is 36.1 Å². The molecular formula is C12H10N2O6S. The summed E-state index contributed by atoms with van der Waals surface area (Å²) in [5, 5.41) is 4.62. The summed E-state index contributed by atoms with van der Waals surface area (Å²) in [4.78, 5) is 46.5. The molecule has 110 valence electrons. The van der Waals surface area contributed by atoms with E-state index in [9.17, 15) is 19.2 Å². The molecule has 9 heteroatoms. The maximum absolute atomic E-state index is 12.0. The van der Waals surface area contributed by atoms with E-state index in [2.05, 4.69) is 19.0 Å². The second-order valence-electron chi connectivity index (χ2n) is 3.89. The summed E-state index contributed by atoms with van der Waals surface area (Å²) in [6.45, 7) is -0.835. The molecule has 1 heterocycles. The van der Waals surface area contributed by atoms with Crippen LogP contribution in [0, 0.1) is 0 Å². The Kier molecular flexibility index (Phi) is 4.77. The third kappa shape index (κ3) is 3.96. The van der Waals surface area contributed by atoms with Gasteiger partial charge in [0.1, 0.15) is 13.1 Å². The molecule has 0 bridgehead atoms. The van der Waals surface area contributed by atoms with Crippen LogP contribution in [0.1, 0.15) is 20.7 Å². The van der Waals surface area contributed by atoms with Crippen LogP contribution in [0.4, 0.5) is 0 Å². The number of benzene rings is 1. The van der Waals surface area contributed by atoms with Gasteiger partial charge in [-0.25, -0.2) is 9.59 Å². The molecule has 0 atom stereocenters. The average Bonchev–Trinajstić information content (AvgIpc) is 2.50. The summed E-state index contributed by atoms with van der Waals surface area (Å²) in [5.74, 6) is -2.79. The van der Waals surface area contributed by atoms with Crippen LogP contribution < -0.4 is 10.6 Å². The van der Waals surface area contributed by atoms with E-state index < -0.39 is 36.8 Å². The Hall–Kier alpha value is -2.55. The van der Waals surface area contributed by atoms with Crippen molar-refractivity contribution in [2.75, 3.05) is 13.1 Å². The Bertz CT molecular complexity index is 552. The SMILES string of the molecule is O=C1CNC(=O)c2ccccc2C(=O)NCC(=O)OSO1. The van der Waals surface area contributed by atoms with Crippen molar-refractivity contribution in [3.8, 4) is 0 Å². The smallest absolute Gasteiger partial charge is 0.340 e. The van der Waals surface area contributed by atoms with E-state index in [0.29, 0.717) is 0 Å². The number of nitrogens with one attached hydrogen (secondary N) is 2. The molecule has 0 spiro atoms. The van der Waals surface area contributed by atoms with Gasteiger partial charge in [0.15, 0.2) is 0 Å². The number of carbonyl (C=O) groups is 4. The number of rotatable bonds is 0. The number of hydrogen-bond acceptors (Lipinski definition) is 7. The lowest BCUT2D eigenvalue weighted by molar-refractivity contribution is -0.134. The third-order valence-electron chi connectivity index (χ3n) is 2.46. The Morgan fingerprint density at radius 3 is 1.67 bits per heavy atom. The normalized spacial score (nSPS) is 17.0. The average molecular weight is 310 g/mol. The standard InChI is InChI=1S/C12H10N2O6S/c15-9-5-13-11(17)7-3-1-2-4-8(7)12(18)14-6-10(16)20-21-19-9/h1-4H,5-6H2,(H,13,17)(H,14,18). The van der Waals surface area contributed by atoms with Crippen LogP contribution >= 0.6 is 12.3 Å². The fourth-order valence-corrected chi connectivity index (χ4v) is 1.83. The molecule has 1 aliphatic rings. The van der Waals surface area contributed by atoms with Gasteiger partial charge in [-0.2, -0.15) is 0 Å². The molecule has 0 aliphatic carbocycles. The molecule has 1 aliphatic heterocycles. The Balaban J connectivity index is 2.27. The van der Waals surface area contributed by atoms with Crippen LogP contribution in [-0.2, 0) is 18.0 Å². The molecule has 8 nitrogen and oxygen atoms in total. The molecule has 21 heavy (non-hydrogen) atoms. The van der Waals surface area contributed by atoms with Gasteiger partial charge in [0.05, 0.1) is 11.1 Å². The minimum atomic E-state index is -0.794. The highest BCUT2D eigenvalue weighted by Gasteiger charge is 2.19. The van der Waals surface area contributed by atoms with Crippen molar-refractivity contribution in [3.05, 3.63) is 35.4 Å². The first-order valence-corrected chi connectivity index (χ1v) is 6.47. The molecule has 0 saturated carbocycles. The minimum Gasteiger partial charge on any atom is -0.353 e. The van der Waals surface area contributed by atoms with Crippen LogP contribution in [-0.4, -0.2) is 36.8 Å². The second kappa shape index (κ2) is 6.75. The molecule has 1 aromatic carbocycles. The van der Waals surface area contributed by atoms with Crippen molar-refractivity contribution in [1.29, 1.82) is 0 Å². The molecule has 2 amide bonds. The van der Waals surface area contributed by atoms with Crippen molar-refractivity contribution < 1.29 is 27.5 Å². The quantitative estimate of drug-likeness (QED) is 0.639. The lowest BCUT2D eigenvalue weighted by Crippen LogP contribution is -2.33. The van der Waals surface area contributed by atoms with Gasteiger partial charge in [0, 0.05) is 0 Å². The van der Waals surface area contributed by atoms with Crippen LogP contribution in [0.2, 0.25) is 0 Å². The van der Waals surface area contributed by atoms with Gasteiger partial charge in [-0.3, -0.25) is 9.59 Å². The van der Waals surface area contributed by atoms with E-state index >= 15 is 0 Å². The van der Waals surface area contributed by atoms with Crippen molar-refractivity contribution in [2.45, 2.75) is 0 Å². The second-order valence-corrected chi connectivity index (χ2v) is 4.36. The zero-order chi connectivity index (χ0) is 15.2. The van der Waals surface area contributed by atoms with Crippen molar-refractivity contribution in [3.63, 3.8) is 0 Å². The first-order chi connectivity index (χ1) is 10.1. The Morgan fingerprint density at radius 1 is 0.810 bits per heavy atom. The maximum atomic E-state index is 12.0. The molecule has 1 aromatic rings. The summed E-state index contributed by atoms with van der Waals surface area (Å²) in [5.41, 5.74) is 0.172. The van der Waals surface area contributed by atoms with Gasteiger partial charge in [0.2, 0.25) is 0 Å². The van der Waals surface area contributed by atoms with Crippen LogP contribution in [0.5, 0.6) is 0 Å². The van der Waals surface area contributed by atoms with Gasteiger partial charge in [-0.1, -0.05) is 12.1 Å². The molecule has 0 radical (unpaired) electrons. The predicted octanol–water partition coefficient (Wildman–Crippen LogP) is -0.191. The summed E-state index contributed by atoms with van der Waals surface area (Å²) in [6, 6.07) is 6.02. The summed E-state index contributed by atoms with van der Waals surface area (Å²) >= 11 is 0.175. The zero-order valence-electron chi connectivity index (χ0n) is 10.6. The largest absolute Gasteiger partial charge is 0.353 e. The van der Waals surface area contributed by atoms with Crippen molar-refractivity contribution in [1.82, 2.24) is 10.6 Å². The molecule has 0 fully saturated rings. The molecule has 2 rings (SSSR count). The first-order valence-electron chi connectivity index (χ1n) is 5.80. The van der Waals surface area contributed by atoms with Gasteiger partial charge in [-0.15, -0.1) is 0 Å². The van der Waals surface area contributed by atoms with E-state index in [0.717, 1.165) is 0 Å². The van der Waals surface area contributed by atoms with Gasteiger partial charge < -0.3 is 19.0 Å². The molecule has 0 saturated heterocycles. The number of hydrogen-bond donors (Lipinski definition) is 2.